The molecule has 110 valence electrons. The summed E-state index contributed by atoms with van der Waals surface area (Å²) in [5.74, 6) is 5.39. The van der Waals surface area contributed by atoms with Gasteiger partial charge in [-0.1, -0.05) is 11.8 Å². The van der Waals surface area contributed by atoms with Crippen molar-refractivity contribution in [3.8, 4) is 11.8 Å². The van der Waals surface area contributed by atoms with Crippen molar-refractivity contribution in [2.45, 2.75) is 43.4 Å². The van der Waals surface area contributed by atoms with Crippen LogP contribution in [0.5, 0.6) is 0 Å². The van der Waals surface area contributed by atoms with E-state index in [1.807, 2.05) is 0 Å². The van der Waals surface area contributed by atoms with Crippen molar-refractivity contribution >= 4 is 6.09 Å². The molecule has 2 N–H and O–H groups in total. The fraction of sp³-hybridized carbons (Fsp3) is 0.438. The summed E-state index contributed by atoms with van der Waals surface area (Å²) >= 11 is 0. The van der Waals surface area contributed by atoms with Gasteiger partial charge >= 0.3 is 6.09 Å². The second-order valence-electron chi connectivity index (χ2n) is 5.77. The summed E-state index contributed by atoms with van der Waals surface area (Å²) in [5, 5.41) is 19.8. The Morgan fingerprint density at radius 3 is 2.33 bits per heavy atom. The minimum Gasteiger partial charge on any atom is -0.465 e. The third kappa shape index (κ3) is 2.72. The molecule has 0 aromatic heterocycles. The zero-order valence-corrected chi connectivity index (χ0v) is 11.4. The Bertz CT molecular complexity index is 603. The largest absolute Gasteiger partial charge is 0.465 e. The molecular weight excluding hydrogens is 273 g/mol. The van der Waals surface area contributed by atoms with E-state index in [-0.39, 0.29) is 17.9 Å². The molecule has 0 spiro atoms. The molecule has 3 rings (SSSR count). The fourth-order valence-corrected chi connectivity index (χ4v) is 3.36. The molecule has 2 aliphatic rings. The molecule has 2 aliphatic heterocycles. The lowest BCUT2D eigenvalue weighted by atomic mass is 9.86. The van der Waals surface area contributed by atoms with Gasteiger partial charge in [-0.3, -0.25) is 0 Å². The zero-order chi connectivity index (χ0) is 15.0. The molecule has 1 aromatic carbocycles. The summed E-state index contributed by atoms with van der Waals surface area (Å²) in [4.78, 5) is 12.7. The number of fused-ring (bicyclic) bond motifs is 2. The van der Waals surface area contributed by atoms with Gasteiger partial charge in [-0.25, -0.2) is 9.18 Å². The molecule has 0 aliphatic carbocycles. The molecule has 2 bridgehead atoms. The number of carboxylic acid groups (broad SMARTS) is 1. The van der Waals surface area contributed by atoms with Crippen LogP contribution in [-0.4, -0.2) is 38.9 Å². The van der Waals surface area contributed by atoms with E-state index in [4.69, 9.17) is 0 Å². The first-order valence-corrected chi connectivity index (χ1v) is 6.99. The predicted octanol–water partition coefficient (Wildman–Crippen LogP) is 2.21. The second kappa shape index (κ2) is 5.05. The van der Waals surface area contributed by atoms with Gasteiger partial charge in [0, 0.05) is 30.5 Å². The molecule has 0 radical (unpaired) electrons. The summed E-state index contributed by atoms with van der Waals surface area (Å²) in [6, 6.07) is 5.46. The smallest absolute Gasteiger partial charge is 0.407 e. The second-order valence-corrected chi connectivity index (χ2v) is 5.77. The van der Waals surface area contributed by atoms with Crippen LogP contribution in [0, 0.1) is 17.7 Å². The maximum absolute atomic E-state index is 12.8. The molecule has 1 aromatic rings. The molecule has 2 saturated heterocycles. The Kier molecular flexibility index (Phi) is 3.34. The number of rotatable bonds is 0. The average Bonchev–Trinajstić information content (AvgIpc) is 2.72. The first kappa shape index (κ1) is 13.9. The Morgan fingerprint density at radius 2 is 1.81 bits per heavy atom. The Balaban J connectivity index is 1.78. The highest BCUT2D eigenvalue weighted by Crippen LogP contribution is 2.40. The van der Waals surface area contributed by atoms with Crippen molar-refractivity contribution in [1.82, 2.24) is 4.90 Å². The van der Waals surface area contributed by atoms with Crippen LogP contribution in [0.3, 0.4) is 0 Å². The van der Waals surface area contributed by atoms with Gasteiger partial charge in [0.25, 0.3) is 0 Å². The SMILES string of the molecule is O=C(O)N1C2CCC1CC(O)(C#Cc1ccc(F)cc1)C2. The lowest BCUT2D eigenvalue weighted by Crippen LogP contribution is -2.52. The number of benzene rings is 1. The monoisotopic (exact) mass is 289 g/mol. The van der Waals surface area contributed by atoms with Crippen LogP contribution >= 0.6 is 0 Å². The highest BCUT2D eigenvalue weighted by molar-refractivity contribution is 5.67. The predicted molar refractivity (Wildman–Crippen MR) is 74.1 cm³/mol. The molecule has 1 amide bonds. The molecule has 2 atom stereocenters. The zero-order valence-electron chi connectivity index (χ0n) is 11.4. The van der Waals surface area contributed by atoms with Gasteiger partial charge in [0.2, 0.25) is 0 Å². The molecule has 0 saturated carbocycles. The first-order chi connectivity index (χ1) is 9.97. The number of hydrogen-bond donors (Lipinski definition) is 2. The van der Waals surface area contributed by atoms with Gasteiger partial charge < -0.3 is 15.1 Å². The summed E-state index contributed by atoms with van der Waals surface area (Å²) in [6.07, 6.45) is 1.30. The molecule has 2 unspecified atom stereocenters. The van der Waals surface area contributed by atoms with E-state index in [1.165, 1.54) is 17.0 Å². The number of piperidine rings is 1. The minimum absolute atomic E-state index is 0.159. The lowest BCUT2D eigenvalue weighted by molar-refractivity contribution is -0.00378. The van der Waals surface area contributed by atoms with E-state index in [0.717, 1.165) is 12.8 Å². The van der Waals surface area contributed by atoms with Gasteiger partial charge in [0.05, 0.1) is 0 Å². The fourth-order valence-electron chi connectivity index (χ4n) is 3.36. The van der Waals surface area contributed by atoms with E-state index in [0.29, 0.717) is 18.4 Å². The van der Waals surface area contributed by atoms with Crippen molar-refractivity contribution in [1.29, 1.82) is 0 Å². The molecule has 5 heteroatoms. The standard InChI is InChI=1S/C16H16FNO3/c17-12-3-1-11(2-4-12)7-8-16(21)9-13-5-6-14(10-16)18(13)15(19)20/h1-4,13-14,21H,5-6,9-10H2,(H,19,20). The molecule has 2 heterocycles. The van der Waals surface area contributed by atoms with Gasteiger partial charge in [-0.2, -0.15) is 0 Å². The number of aliphatic hydroxyl groups is 1. The minimum atomic E-state index is -1.16. The average molecular weight is 289 g/mol. The van der Waals surface area contributed by atoms with Crippen LogP contribution in [0.4, 0.5) is 9.18 Å². The summed E-state index contributed by atoms with van der Waals surface area (Å²) < 4.78 is 12.8. The number of nitrogens with zero attached hydrogens (tertiary/aromatic N) is 1. The van der Waals surface area contributed by atoms with E-state index >= 15 is 0 Å². The number of halogens is 1. The Morgan fingerprint density at radius 1 is 1.24 bits per heavy atom. The van der Waals surface area contributed by atoms with Crippen molar-refractivity contribution in [2.24, 2.45) is 0 Å². The van der Waals surface area contributed by atoms with E-state index in [9.17, 15) is 19.4 Å². The molecule has 2 fully saturated rings. The van der Waals surface area contributed by atoms with Crippen LogP contribution in [0.15, 0.2) is 24.3 Å². The number of hydrogen-bond acceptors (Lipinski definition) is 2. The number of amides is 1. The maximum atomic E-state index is 12.8. The van der Waals surface area contributed by atoms with Crippen molar-refractivity contribution in [2.75, 3.05) is 0 Å². The first-order valence-electron chi connectivity index (χ1n) is 6.99. The highest BCUT2D eigenvalue weighted by Gasteiger charge is 2.48. The summed E-state index contributed by atoms with van der Waals surface area (Å²) in [7, 11) is 0. The third-order valence-corrected chi connectivity index (χ3v) is 4.27. The van der Waals surface area contributed by atoms with Crippen molar-refractivity contribution < 1.29 is 19.4 Å². The van der Waals surface area contributed by atoms with Gasteiger partial charge in [-0.05, 0) is 37.1 Å². The van der Waals surface area contributed by atoms with Gasteiger partial charge in [-0.15, -0.1) is 0 Å². The summed E-state index contributed by atoms with van der Waals surface area (Å²) in [6.45, 7) is 0. The highest BCUT2D eigenvalue weighted by atomic mass is 19.1. The van der Waals surface area contributed by atoms with E-state index < -0.39 is 11.7 Å². The normalized spacial score (nSPS) is 30.7. The topological polar surface area (TPSA) is 60.8 Å². The van der Waals surface area contributed by atoms with E-state index in [1.54, 1.807) is 12.1 Å². The lowest BCUT2D eigenvalue weighted by Gasteiger charge is -2.39. The van der Waals surface area contributed by atoms with Crippen LogP contribution in [0.25, 0.3) is 0 Å². The van der Waals surface area contributed by atoms with Gasteiger partial charge in [0.1, 0.15) is 11.4 Å². The maximum Gasteiger partial charge on any atom is 0.407 e. The van der Waals surface area contributed by atoms with E-state index in [2.05, 4.69) is 11.8 Å². The quantitative estimate of drug-likeness (QED) is 0.720. The molecule has 21 heavy (non-hydrogen) atoms. The van der Waals surface area contributed by atoms with Crippen molar-refractivity contribution in [3.63, 3.8) is 0 Å². The molecular formula is C16H16FNO3. The van der Waals surface area contributed by atoms with Gasteiger partial charge in [0.15, 0.2) is 0 Å². The third-order valence-electron chi connectivity index (χ3n) is 4.27. The van der Waals surface area contributed by atoms with Crippen LogP contribution in [-0.2, 0) is 0 Å². The van der Waals surface area contributed by atoms with Crippen LogP contribution < -0.4 is 0 Å². The van der Waals surface area contributed by atoms with Crippen molar-refractivity contribution in [3.05, 3.63) is 35.6 Å². The Labute approximate surface area is 122 Å². The molecule has 4 nitrogen and oxygen atoms in total. The van der Waals surface area contributed by atoms with Crippen LogP contribution in [0.2, 0.25) is 0 Å². The Hall–Kier alpha value is -2.06. The van der Waals surface area contributed by atoms with Crippen LogP contribution in [0.1, 0.15) is 31.2 Å². The number of carbonyl (C=O) groups is 1. The summed E-state index contributed by atoms with van der Waals surface area (Å²) in [5.41, 5.74) is -0.524.